The third-order valence-corrected chi connectivity index (χ3v) is 1.91. The van der Waals surface area contributed by atoms with Gasteiger partial charge in [-0.3, -0.25) is 0 Å². The number of hydrogen-bond acceptors (Lipinski definition) is 1. The van der Waals surface area contributed by atoms with Crippen LogP contribution in [0.1, 0.15) is 20.8 Å². The quantitative estimate of drug-likeness (QED) is 0.608. The van der Waals surface area contributed by atoms with Crippen molar-refractivity contribution in [1.82, 2.24) is 0 Å². The van der Waals surface area contributed by atoms with E-state index in [4.69, 9.17) is 0 Å². The molecule has 1 nitrogen and oxygen atoms in total. The maximum Gasteiger partial charge on any atom is 0.185 e. The molecule has 1 rings (SSSR count). The van der Waals surface area contributed by atoms with Crippen LogP contribution in [0.15, 0.2) is 6.07 Å². The summed E-state index contributed by atoms with van der Waals surface area (Å²) in [4.78, 5) is 0. The minimum absolute atomic E-state index is 0.187. The first-order valence-corrected chi connectivity index (χ1v) is 4.79. The molecule has 0 aromatic heterocycles. The summed E-state index contributed by atoms with van der Waals surface area (Å²) in [5, 5.41) is 2.37. The van der Waals surface area contributed by atoms with Gasteiger partial charge in [0.15, 0.2) is 23.3 Å². The van der Waals surface area contributed by atoms with Crippen LogP contribution < -0.4 is 5.32 Å². The molecule has 16 heavy (non-hydrogen) atoms. The van der Waals surface area contributed by atoms with Crippen molar-refractivity contribution >= 4 is 5.69 Å². The van der Waals surface area contributed by atoms with E-state index in [1.54, 1.807) is 0 Å². The first-order chi connectivity index (χ1) is 7.22. The van der Waals surface area contributed by atoms with Gasteiger partial charge in [0, 0.05) is 12.6 Å². The van der Waals surface area contributed by atoms with Crippen molar-refractivity contribution in [2.75, 3.05) is 11.9 Å². The lowest BCUT2D eigenvalue weighted by Gasteiger charge is -2.20. The molecule has 1 aromatic carbocycles. The predicted octanol–water partition coefficient (Wildman–Crippen LogP) is 3.70. The highest BCUT2D eigenvalue weighted by atomic mass is 19.2. The Morgan fingerprint density at radius 2 is 1.44 bits per heavy atom. The highest BCUT2D eigenvalue weighted by molar-refractivity contribution is 5.47. The van der Waals surface area contributed by atoms with Gasteiger partial charge >= 0.3 is 0 Å². The fourth-order valence-electron chi connectivity index (χ4n) is 1.08. The number of halogens is 4. The zero-order valence-corrected chi connectivity index (χ0v) is 9.30. The molecule has 1 aromatic rings. The van der Waals surface area contributed by atoms with Gasteiger partial charge in [-0.2, -0.15) is 0 Å². The van der Waals surface area contributed by atoms with Crippen molar-refractivity contribution in [3.63, 3.8) is 0 Å². The van der Waals surface area contributed by atoms with Crippen LogP contribution in [0.5, 0.6) is 0 Å². The molecule has 1 N–H and O–H groups in total. The predicted molar refractivity (Wildman–Crippen MR) is 54.2 cm³/mol. The molecule has 0 atom stereocenters. The van der Waals surface area contributed by atoms with E-state index in [1.807, 2.05) is 20.8 Å². The lowest BCUT2D eigenvalue weighted by molar-refractivity contribution is 0.430. The smallest absolute Gasteiger partial charge is 0.185 e. The van der Waals surface area contributed by atoms with Gasteiger partial charge in [0.05, 0.1) is 0 Å². The molecule has 0 saturated carbocycles. The van der Waals surface area contributed by atoms with E-state index in [2.05, 4.69) is 5.32 Å². The molecular weight excluding hydrogens is 222 g/mol. The van der Waals surface area contributed by atoms with Crippen molar-refractivity contribution in [3.05, 3.63) is 29.3 Å². The molecule has 0 spiro atoms. The number of rotatable bonds is 2. The number of anilines is 1. The second-order valence-electron chi connectivity index (χ2n) is 4.76. The second kappa shape index (κ2) is 4.31. The highest BCUT2D eigenvalue weighted by Crippen LogP contribution is 2.25. The number of benzene rings is 1. The Kier molecular flexibility index (Phi) is 3.45. The van der Waals surface area contributed by atoms with Gasteiger partial charge in [-0.15, -0.1) is 0 Å². The summed E-state index contributed by atoms with van der Waals surface area (Å²) in [6.45, 7) is 5.67. The Hall–Kier alpha value is -1.26. The molecule has 0 bridgehead atoms. The Labute approximate surface area is 91.5 Å². The Bertz CT molecular complexity index is 370. The van der Waals surface area contributed by atoms with Gasteiger partial charge in [0.25, 0.3) is 0 Å². The summed E-state index contributed by atoms with van der Waals surface area (Å²) in [5.41, 5.74) is -1.02. The molecule has 90 valence electrons. The van der Waals surface area contributed by atoms with Gasteiger partial charge in [0.2, 0.25) is 0 Å². The number of hydrogen-bond donors (Lipinski definition) is 1. The van der Waals surface area contributed by atoms with E-state index in [0.717, 1.165) is 0 Å². The van der Waals surface area contributed by atoms with Crippen molar-refractivity contribution in [2.24, 2.45) is 5.41 Å². The summed E-state index contributed by atoms with van der Waals surface area (Å²) in [5.74, 6) is -5.61. The summed E-state index contributed by atoms with van der Waals surface area (Å²) in [6, 6.07) is 0.187. The van der Waals surface area contributed by atoms with Crippen molar-refractivity contribution in [1.29, 1.82) is 0 Å². The number of nitrogens with one attached hydrogen (secondary N) is 1. The standard InChI is InChI=1S/C11H13F4N/c1-11(2,3)5-16-10-8(14)6(12)4-7(13)9(10)15/h4,16H,5H2,1-3H3. The normalized spacial score (nSPS) is 11.7. The Morgan fingerprint density at radius 1 is 1.00 bits per heavy atom. The molecule has 5 heteroatoms. The average Bonchev–Trinajstić information content (AvgIpc) is 2.13. The maximum absolute atomic E-state index is 13.2. The largest absolute Gasteiger partial charge is 0.380 e. The van der Waals surface area contributed by atoms with Crippen molar-refractivity contribution < 1.29 is 17.6 Å². The van der Waals surface area contributed by atoms with E-state index < -0.39 is 29.0 Å². The fourth-order valence-corrected chi connectivity index (χ4v) is 1.08. The van der Waals surface area contributed by atoms with Crippen LogP contribution in [0.2, 0.25) is 0 Å². The van der Waals surface area contributed by atoms with E-state index in [0.29, 0.717) is 0 Å². The van der Waals surface area contributed by atoms with E-state index in [1.165, 1.54) is 0 Å². The van der Waals surface area contributed by atoms with E-state index >= 15 is 0 Å². The highest BCUT2D eigenvalue weighted by Gasteiger charge is 2.20. The Morgan fingerprint density at radius 3 is 1.81 bits per heavy atom. The zero-order chi connectivity index (χ0) is 12.5. The molecule has 0 fully saturated rings. The van der Waals surface area contributed by atoms with Crippen LogP contribution in [-0.4, -0.2) is 6.54 Å². The first kappa shape index (κ1) is 12.8. The Balaban J connectivity index is 3.04. The molecule has 0 radical (unpaired) electrons. The molecule has 0 unspecified atom stereocenters. The SMILES string of the molecule is CC(C)(C)CNc1c(F)c(F)cc(F)c1F. The van der Waals surface area contributed by atoms with E-state index in [-0.39, 0.29) is 18.0 Å². The van der Waals surface area contributed by atoms with Crippen LogP contribution in [0, 0.1) is 28.7 Å². The molecule has 0 aliphatic heterocycles. The monoisotopic (exact) mass is 235 g/mol. The third-order valence-electron chi connectivity index (χ3n) is 1.91. The van der Waals surface area contributed by atoms with Crippen molar-refractivity contribution in [3.8, 4) is 0 Å². The summed E-state index contributed by atoms with van der Waals surface area (Å²) in [7, 11) is 0. The average molecular weight is 235 g/mol. The van der Waals surface area contributed by atoms with Gasteiger partial charge in [-0.05, 0) is 5.41 Å². The van der Waals surface area contributed by atoms with Crippen LogP contribution >= 0.6 is 0 Å². The van der Waals surface area contributed by atoms with Crippen molar-refractivity contribution in [2.45, 2.75) is 20.8 Å². The van der Waals surface area contributed by atoms with Gasteiger partial charge < -0.3 is 5.32 Å². The third kappa shape index (κ3) is 2.87. The van der Waals surface area contributed by atoms with Gasteiger partial charge in [-0.25, -0.2) is 17.6 Å². The molecular formula is C11H13F4N. The molecule has 0 aliphatic rings. The molecule has 0 amide bonds. The van der Waals surface area contributed by atoms with Crippen LogP contribution in [-0.2, 0) is 0 Å². The lowest BCUT2D eigenvalue weighted by Crippen LogP contribution is -2.21. The van der Waals surface area contributed by atoms with E-state index in [9.17, 15) is 17.6 Å². The van der Waals surface area contributed by atoms with Gasteiger partial charge in [0.1, 0.15) is 5.69 Å². The summed E-state index contributed by atoms with van der Waals surface area (Å²) < 4.78 is 52.0. The zero-order valence-electron chi connectivity index (χ0n) is 9.30. The molecule has 0 aliphatic carbocycles. The maximum atomic E-state index is 13.2. The fraction of sp³-hybridized carbons (Fsp3) is 0.455. The minimum atomic E-state index is -1.41. The minimum Gasteiger partial charge on any atom is -0.380 e. The topological polar surface area (TPSA) is 12.0 Å². The van der Waals surface area contributed by atoms with Crippen LogP contribution in [0.4, 0.5) is 23.2 Å². The summed E-state index contributed by atoms with van der Waals surface area (Å²) in [6.07, 6.45) is 0. The molecule has 0 saturated heterocycles. The van der Waals surface area contributed by atoms with Crippen LogP contribution in [0.3, 0.4) is 0 Å². The summed E-state index contributed by atoms with van der Waals surface area (Å²) >= 11 is 0. The van der Waals surface area contributed by atoms with Crippen LogP contribution in [0.25, 0.3) is 0 Å². The first-order valence-electron chi connectivity index (χ1n) is 4.79. The molecule has 0 heterocycles. The second-order valence-corrected chi connectivity index (χ2v) is 4.76. The van der Waals surface area contributed by atoms with Gasteiger partial charge in [-0.1, -0.05) is 20.8 Å². The lowest BCUT2D eigenvalue weighted by atomic mass is 9.97.